The molecule has 0 N–H and O–H groups in total. The van der Waals surface area contributed by atoms with Crippen molar-refractivity contribution in [2.24, 2.45) is 0 Å². The quantitative estimate of drug-likeness (QED) is 0.521. The molecule has 0 fully saturated rings. The fourth-order valence-electron chi connectivity index (χ4n) is 2.73. The van der Waals surface area contributed by atoms with E-state index in [1.165, 1.54) is 23.3 Å². The van der Waals surface area contributed by atoms with Crippen molar-refractivity contribution in [3.05, 3.63) is 88.6 Å². The van der Waals surface area contributed by atoms with Crippen molar-refractivity contribution in [2.75, 3.05) is 0 Å². The number of fused-ring (bicyclic) bond motifs is 1. The number of aromatic nitrogens is 4. The smallest absolute Gasteiger partial charge is 0.264 e. The standard InChI is InChI=1S/C19H12F2N4O2/c20-15-7-6-12(8-16(15)21)17(26)10-24-11-22-18-14(19(24)27)9-23-25(18)13-4-2-1-3-5-13/h1-9,11H,10H2. The second kappa shape index (κ2) is 6.56. The molecule has 0 saturated heterocycles. The zero-order chi connectivity index (χ0) is 19.0. The lowest BCUT2D eigenvalue weighted by Crippen LogP contribution is -2.24. The molecule has 27 heavy (non-hydrogen) atoms. The zero-order valence-electron chi connectivity index (χ0n) is 13.8. The van der Waals surface area contributed by atoms with Gasteiger partial charge in [-0.25, -0.2) is 18.4 Å². The van der Waals surface area contributed by atoms with Gasteiger partial charge < -0.3 is 0 Å². The van der Waals surface area contributed by atoms with Crippen LogP contribution in [0.1, 0.15) is 10.4 Å². The summed E-state index contributed by atoms with van der Waals surface area (Å²) in [6, 6.07) is 12.0. The average Bonchev–Trinajstić information content (AvgIpc) is 3.11. The van der Waals surface area contributed by atoms with Crippen LogP contribution in [0.15, 0.2) is 65.8 Å². The van der Waals surface area contributed by atoms with Gasteiger partial charge in [-0.1, -0.05) is 18.2 Å². The van der Waals surface area contributed by atoms with Gasteiger partial charge >= 0.3 is 0 Å². The van der Waals surface area contributed by atoms with Crippen LogP contribution in [0.25, 0.3) is 16.7 Å². The molecule has 2 heterocycles. The van der Waals surface area contributed by atoms with Crippen LogP contribution in [0.4, 0.5) is 8.78 Å². The first-order valence-electron chi connectivity index (χ1n) is 8.01. The molecule has 0 atom stereocenters. The Morgan fingerprint density at radius 3 is 2.56 bits per heavy atom. The maximum absolute atomic E-state index is 13.3. The minimum atomic E-state index is -1.12. The molecule has 0 radical (unpaired) electrons. The molecular formula is C19H12F2N4O2. The molecule has 6 nitrogen and oxygen atoms in total. The van der Waals surface area contributed by atoms with Gasteiger partial charge in [-0.3, -0.25) is 14.2 Å². The number of carbonyl (C=O) groups excluding carboxylic acids is 1. The van der Waals surface area contributed by atoms with Gasteiger partial charge in [0.15, 0.2) is 23.1 Å². The van der Waals surface area contributed by atoms with Crippen LogP contribution < -0.4 is 5.56 Å². The molecule has 2 aromatic carbocycles. The maximum atomic E-state index is 13.3. The van der Waals surface area contributed by atoms with Gasteiger partial charge in [0, 0.05) is 5.56 Å². The molecule has 4 rings (SSSR count). The van der Waals surface area contributed by atoms with Crippen LogP contribution in [0.5, 0.6) is 0 Å². The van der Waals surface area contributed by atoms with E-state index in [0.717, 1.165) is 22.4 Å². The Kier molecular flexibility index (Phi) is 4.08. The molecule has 0 amide bonds. The molecule has 0 saturated carbocycles. The number of rotatable bonds is 4. The van der Waals surface area contributed by atoms with Gasteiger partial charge in [-0.05, 0) is 30.3 Å². The van der Waals surface area contributed by atoms with E-state index in [1.807, 2.05) is 30.3 Å². The maximum Gasteiger partial charge on any atom is 0.264 e. The summed E-state index contributed by atoms with van der Waals surface area (Å²) in [4.78, 5) is 29.2. The van der Waals surface area contributed by atoms with E-state index in [2.05, 4.69) is 10.1 Å². The number of ketones is 1. The van der Waals surface area contributed by atoms with Crippen LogP contribution in [-0.2, 0) is 6.54 Å². The molecule has 0 bridgehead atoms. The van der Waals surface area contributed by atoms with Crippen molar-refractivity contribution in [3.63, 3.8) is 0 Å². The van der Waals surface area contributed by atoms with E-state index >= 15 is 0 Å². The number of para-hydroxylation sites is 1. The monoisotopic (exact) mass is 366 g/mol. The summed E-state index contributed by atoms with van der Waals surface area (Å²) in [5, 5.41) is 4.44. The third-order valence-corrected chi connectivity index (χ3v) is 4.11. The number of carbonyl (C=O) groups is 1. The zero-order valence-corrected chi connectivity index (χ0v) is 13.8. The average molecular weight is 366 g/mol. The van der Waals surface area contributed by atoms with E-state index < -0.39 is 23.0 Å². The molecule has 0 unspecified atom stereocenters. The minimum Gasteiger partial charge on any atom is -0.292 e. The van der Waals surface area contributed by atoms with Crippen LogP contribution >= 0.6 is 0 Å². The molecule has 4 aromatic rings. The van der Waals surface area contributed by atoms with Crippen LogP contribution in [0.3, 0.4) is 0 Å². The summed E-state index contributed by atoms with van der Waals surface area (Å²) in [7, 11) is 0. The molecule has 0 aliphatic carbocycles. The lowest BCUT2D eigenvalue weighted by atomic mass is 10.1. The minimum absolute atomic E-state index is 0.0270. The first-order valence-corrected chi connectivity index (χ1v) is 8.01. The number of benzene rings is 2. The summed E-state index contributed by atoms with van der Waals surface area (Å²) >= 11 is 0. The molecule has 0 aliphatic heterocycles. The highest BCUT2D eigenvalue weighted by Gasteiger charge is 2.15. The van der Waals surface area contributed by atoms with Crippen molar-refractivity contribution >= 4 is 16.8 Å². The van der Waals surface area contributed by atoms with Crippen molar-refractivity contribution in [3.8, 4) is 5.69 Å². The predicted octanol–water partition coefficient (Wildman–Crippen LogP) is 2.74. The summed E-state index contributed by atoms with van der Waals surface area (Å²) in [5.41, 5.74) is 0.636. The van der Waals surface area contributed by atoms with E-state index in [1.54, 1.807) is 0 Å². The highest BCUT2D eigenvalue weighted by atomic mass is 19.2. The number of nitrogens with zero attached hydrogens (tertiary/aromatic N) is 4. The second-order valence-electron chi connectivity index (χ2n) is 5.86. The SMILES string of the molecule is O=C(Cn1cnc2c(cnn2-c2ccccc2)c1=O)c1ccc(F)c(F)c1. The Hall–Kier alpha value is -3.68. The highest BCUT2D eigenvalue weighted by Crippen LogP contribution is 2.14. The summed E-state index contributed by atoms with van der Waals surface area (Å²) in [6.45, 7) is -0.344. The van der Waals surface area contributed by atoms with E-state index in [0.29, 0.717) is 5.65 Å². The molecule has 134 valence electrons. The molecule has 0 aliphatic rings. The van der Waals surface area contributed by atoms with Crippen LogP contribution in [0, 0.1) is 11.6 Å². The van der Waals surface area contributed by atoms with E-state index in [9.17, 15) is 18.4 Å². The van der Waals surface area contributed by atoms with Gasteiger partial charge in [0.1, 0.15) is 11.7 Å². The molecule has 8 heteroatoms. The lowest BCUT2D eigenvalue weighted by Gasteiger charge is -2.06. The number of hydrogen-bond donors (Lipinski definition) is 0. The topological polar surface area (TPSA) is 69.8 Å². The first kappa shape index (κ1) is 16.8. The Labute approximate surface area is 151 Å². The largest absolute Gasteiger partial charge is 0.292 e. The van der Waals surface area contributed by atoms with Gasteiger partial charge in [0.05, 0.1) is 18.4 Å². The van der Waals surface area contributed by atoms with Crippen molar-refractivity contribution in [1.82, 2.24) is 19.3 Å². The van der Waals surface area contributed by atoms with E-state index in [4.69, 9.17) is 0 Å². The fourth-order valence-corrected chi connectivity index (χ4v) is 2.73. The van der Waals surface area contributed by atoms with Gasteiger partial charge in [0.2, 0.25) is 0 Å². The summed E-state index contributed by atoms with van der Waals surface area (Å²) in [6.07, 6.45) is 2.62. The third-order valence-electron chi connectivity index (χ3n) is 4.11. The number of hydrogen-bond acceptors (Lipinski definition) is 4. The Morgan fingerprint density at radius 2 is 1.81 bits per heavy atom. The number of halogens is 2. The third kappa shape index (κ3) is 3.01. The van der Waals surface area contributed by atoms with E-state index in [-0.39, 0.29) is 17.5 Å². The van der Waals surface area contributed by atoms with Gasteiger partial charge in [0.25, 0.3) is 5.56 Å². The van der Waals surface area contributed by atoms with Crippen molar-refractivity contribution in [1.29, 1.82) is 0 Å². The van der Waals surface area contributed by atoms with Crippen LogP contribution in [-0.4, -0.2) is 25.1 Å². The second-order valence-corrected chi connectivity index (χ2v) is 5.86. The Balaban J connectivity index is 1.69. The van der Waals surface area contributed by atoms with Crippen molar-refractivity contribution in [2.45, 2.75) is 6.54 Å². The molecule has 2 aromatic heterocycles. The lowest BCUT2D eigenvalue weighted by molar-refractivity contribution is 0.0970. The summed E-state index contributed by atoms with van der Waals surface area (Å²) < 4.78 is 29.0. The first-order chi connectivity index (χ1) is 13.0. The Morgan fingerprint density at radius 1 is 1.04 bits per heavy atom. The predicted molar refractivity (Wildman–Crippen MR) is 93.8 cm³/mol. The Bertz CT molecular complexity index is 1220. The van der Waals surface area contributed by atoms with Gasteiger partial charge in [-0.15, -0.1) is 0 Å². The van der Waals surface area contributed by atoms with Crippen molar-refractivity contribution < 1.29 is 13.6 Å². The van der Waals surface area contributed by atoms with Gasteiger partial charge in [-0.2, -0.15) is 5.10 Å². The normalized spacial score (nSPS) is 11.0. The summed E-state index contributed by atoms with van der Waals surface area (Å²) in [5.74, 6) is -2.70. The number of Topliss-reactive ketones (excluding diaryl/α,β-unsaturated/α-hetero) is 1. The molecular weight excluding hydrogens is 354 g/mol. The molecule has 0 spiro atoms. The van der Waals surface area contributed by atoms with Crippen LogP contribution in [0.2, 0.25) is 0 Å². The highest BCUT2D eigenvalue weighted by molar-refractivity contribution is 5.96. The fraction of sp³-hybridized carbons (Fsp3) is 0.0526.